The smallest absolute Gasteiger partial charge is 0.225 e. The Hall–Kier alpha value is -0.610. The van der Waals surface area contributed by atoms with Gasteiger partial charge in [0.25, 0.3) is 0 Å². The second-order valence-corrected chi connectivity index (χ2v) is 4.68. The molecule has 96 valence electrons. The molecule has 0 aromatic carbocycles. The van der Waals surface area contributed by atoms with E-state index in [-0.39, 0.29) is 17.4 Å². The minimum Gasteiger partial charge on any atom is -0.382 e. The molecule has 0 rings (SSSR count). The number of nitrogens with one attached hydrogen (secondary N) is 1. The summed E-state index contributed by atoms with van der Waals surface area (Å²) < 4.78 is 10.2. The normalized spacial score (nSPS) is 13.6. The van der Waals surface area contributed by atoms with E-state index in [2.05, 4.69) is 5.32 Å². The Bertz CT molecular complexity index is 204. The van der Waals surface area contributed by atoms with Crippen molar-refractivity contribution in [2.24, 2.45) is 5.41 Å². The van der Waals surface area contributed by atoms with Crippen LogP contribution in [-0.2, 0) is 14.3 Å². The molecule has 0 spiro atoms. The topological polar surface area (TPSA) is 47.6 Å². The summed E-state index contributed by atoms with van der Waals surface area (Å²) in [6, 6.07) is 0.0372. The van der Waals surface area contributed by atoms with Crippen LogP contribution < -0.4 is 5.32 Å². The second-order valence-electron chi connectivity index (χ2n) is 4.68. The first-order valence-corrected chi connectivity index (χ1v) is 5.81. The third kappa shape index (κ3) is 6.08. The lowest BCUT2D eigenvalue weighted by molar-refractivity contribution is -0.130. The fourth-order valence-electron chi connectivity index (χ4n) is 1.02. The molecule has 4 heteroatoms. The molecule has 1 amide bonds. The van der Waals surface area contributed by atoms with Crippen LogP contribution in [-0.4, -0.2) is 38.9 Å². The molecule has 0 aromatic rings. The van der Waals surface area contributed by atoms with E-state index in [4.69, 9.17) is 9.47 Å². The summed E-state index contributed by atoms with van der Waals surface area (Å²) in [5, 5.41) is 2.94. The molecule has 4 nitrogen and oxygen atoms in total. The number of amides is 1. The molecular formula is C12H25NO3. The van der Waals surface area contributed by atoms with E-state index in [1.165, 1.54) is 0 Å². The average molecular weight is 231 g/mol. The van der Waals surface area contributed by atoms with Gasteiger partial charge in [-0.15, -0.1) is 0 Å². The lowest BCUT2D eigenvalue weighted by atomic mass is 9.89. The molecule has 0 saturated carbocycles. The summed E-state index contributed by atoms with van der Waals surface area (Å²) in [6.07, 6.45) is 0.829. The van der Waals surface area contributed by atoms with Crippen LogP contribution in [0.4, 0.5) is 0 Å². The van der Waals surface area contributed by atoms with Gasteiger partial charge in [0.2, 0.25) is 5.91 Å². The highest BCUT2D eigenvalue weighted by Gasteiger charge is 2.26. The summed E-state index contributed by atoms with van der Waals surface area (Å²) in [5.41, 5.74) is -0.305. The van der Waals surface area contributed by atoms with Gasteiger partial charge in [0.1, 0.15) is 0 Å². The standard InChI is InChI=1S/C12H25NO3/c1-6-12(3,4)11(14)13-10(2)9-16-8-7-15-5/h10H,6-9H2,1-5H3,(H,13,14). The summed E-state index contributed by atoms with van der Waals surface area (Å²) in [5.74, 6) is 0.0813. The Morgan fingerprint density at radius 2 is 2.00 bits per heavy atom. The average Bonchev–Trinajstić information content (AvgIpc) is 2.24. The molecule has 0 aromatic heterocycles. The van der Waals surface area contributed by atoms with Crippen molar-refractivity contribution in [3.05, 3.63) is 0 Å². The molecule has 0 fully saturated rings. The first kappa shape index (κ1) is 15.4. The first-order valence-electron chi connectivity index (χ1n) is 5.81. The minimum absolute atomic E-state index is 0.0372. The molecule has 0 saturated heterocycles. The van der Waals surface area contributed by atoms with Crippen LogP contribution in [0.15, 0.2) is 0 Å². The van der Waals surface area contributed by atoms with Crippen molar-refractivity contribution in [1.29, 1.82) is 0 Å². The zero-order valence-corrected chi connectivity index (χ0v) is 11.1. The van der Waals surface area contributed by atoms with Crippen LogP contribution in [0.2, 0.25) is 0 Å². The van der Waals surface area contributed by atoms with Gasteiger partial charge in [-0.1, -0.05) is 20.8 Å². The van der Waals surface area contributed by atoms with E-state index in [1.54, 1.807) is 7.11 Å². The number of ether oxygens (including phenoxy) is 2. The highest BCUT2D eigenvalue weighted by molar-refractivity contribution is 5.81. The Labute approximate surface area is 98.7 Å². The van der Waals surface area contributed by atoms with Gasteiger partial charge >= 0.3 is 0 Å². The van der Waals surface area contributed by atoms with Crippen LogP contribution in [0.25, 0.3) is 0 Å². The van der Waals surface area contributed by atoms with E-state index in [0.29, 0.717) is 19.8 Å². The van der Waals surface area contributed by atoms with Gasteiger partial charge in [-0.05, 0) is 13.3 Å². The van der Waals surface area contributed by atoms with E-state index >= 15 is 0 Å². The molecule has 1 unspecified atom stereocenters. The highest BCUT2D eigenvalue weighted by atomic mass is 16.5. The summed E-state index contributed by atoms with van der Waals surface area (Å²) in [7, 11) is 1.64. The lowest BCUT2D eigenvalue weighted by Gasteiger charge is -2.24. The van der Waals surface area contributed by atoms with E-state index < -0.39 is 0 Å². The van der Waals surface area contributed by atoms with Crippen molar-refractivity contribution >= 4 is 5.91 Å². The van der Waals surface area contributed by atoms with Crippen molar-refractivity contribution in [3.63, 3.8) is 0 Å². The zero-order valence-electron chi connectivity index (χ0n) is 11.1. The highest BCUT2D eigenvalue weighted by Crippen LogP contribution is 2.19. The van der Waals surface area contributed by atoms with Crippen LogP contribution >= 0.6 is 0 Å². The summed E-state index contributed by atoms with van der Waals surface area (Å²) in [4.78, 5) is 11.8. The van der Waals surface area contributed by atoms with Crippen LogP contribution in [0.5, 0.6) is 0 Å². The van der Waals surface area contributed by atoms with Gasteiger partial charge in [0.05, 0.1) is 19.8 Å². The quantitative estimate of drug-likeness (QED) is 0.645. The molecule has 0 heterocycles. The Balaban J connectivity index is 3.78. The predicted molar refractivity (Wildman–Crippen MR) is 64.4 cm³/mol. The zero-order chi connectivity index (χ0) is 12.6. The lowest BCUT2D eigenvalue weighted by Crippen LogP contribution is -2.43. The van der Waals surface area contributed by atoms with Crippen LogP contribution in [0.1, 0.15) is 34.1 Å². The molecule has 0 aliphatic rings. The van der Waals surface area contributed by atoms with E-state index in [1.807, 2.05) is 27.7 Å². The fraction of sp³-hybridized carbons (Fsp3) is 0.917. The number of methoxy groups -OCH3 is 1. The van der Waals surface area contributed by atoms with Crippen LogP contribution in [0.3, 0.4) is 0 Å². The molecule has 0 radical (unpaired) electrons. The molecule has 1 atom stereocenters. The Morgan fingerprint density at radius 3 is 2.50 bits per heavy atom. The SMILES string of the molecule is CCC(C)(C)C(=O)NC(C)COCCOC. The molecule has 0 aliphatic heterocycles. The number of carbonyl (C=O) groups excluding carboxylic acids is 1. The maximum atomic E-state index is 11.8. The van der Waals surface area contributed by atoms with Gasteiger partial charge < -0.3 is 14.8 Å². The molecular weight excluding hydrogens is 206 g/mol. The summed E-state index contributed by atoms with van der Waals surface area (Å²) >= 11 is 0. The molecule has 16 heavy (non-hydrogen) atoms. The van der Waals surface area contributed by atoms with Crippen molar-refractivity contribution in [2.75, 3.05) is 26.9 Å². The van der Waals surface area contributed by atoms with Gasteiger partial charge in [-0.2, -0.15) is 0 Å². The Kier molecular flexibility index (Phi) is 7.34. The van der Waals surface area contributed by atoms with Gasteiger partial charge in [-0.25, -0.2) is 0 Å². The maximum absolute atomic E-state index is 11.8. The largest absolute Gasteiger partial charge is 0.382 e. The maximum Gasteiger partial charge on any atom is 0.225 e. The second kappa shape index (κ2) is 7.63. The monoisotopic (exact) mass is 231 g/mol. The number of hydrogen-bond acceptors (Lipinski definition) is 3. The first-order chi connectivity index (χ1) is 7.44. The minimum atomic E-state index is -0.305. The van der Waals surface area contributed by atoms with Crippen LogP contribution in [0, 0.1) is 5.41 Å². The molecule has 0 aliphatic carbocycles. The van der Waals surface area contributed by atoms with Crippen molar-refractivity contribution in [3.8, 4) is 0 Å². The van der Waals surface area contributed by atoms with Crippen molar-refractivity contribution < 1.29 is 14.3 Å². The Morgan fingerprint density at radius 1 is 1.38 bits per heavy atom. The van der Waals surface area contributed by atoms with Crippen molar-refractivity contribution in [1.82, 2.24) is 5.32 Å². The predicted octanol–water partition coefficient (Wildman–Crippen LogP) is 1.59. The van der Waals surface area contributed by atoms with E-state index in [0.717, 1.165) is 6.42 Å². The molecule has 1 N–H and O–H groups in total. The number of rotatable bonds is 8. The molecule has 0 bridgehead atoms. The fourth-order valence-corrected chi connectivity index (χ4v) is 1.02. The van der Waals surface area contributed by atoms with Gasteiger partial charge in [0, 0.05) is 18.6 Å². The van der Waals surface area contributed by atoms with Crippen molar-refractivity contribution in [2.45, 2.75) is 40.2 Å². The summed E-state index contributed by atoms with van der Waals surface area (Å²) in [6.45, 7) is 9.52. The third-order valence-electron chi connectivity index (χ3n) is 2.68. The van der Waals surface area contributed by atoms with E-state index in [9.17, 15) is 4.79 Å². The third-order valence-corrected chi connectivity index (χ3v) is 2.68. The van der Waals surface area contributed by atoms with Gasteiger partial charge in [0.15, 0.2) is 0 Å². The number of carbonyl (C=O) groups is 1. The van der Waals surface area contributed by atoms with Gasteiger partial charge in [-0.3, -0.25) is 4.79 Å². The number of hydrogen-bond donors (Lipinski definition) is 1.